The van der Waals surface area contributed by atoms with Crippen molar-refractivity contribution in [2.75, 3.05) is 13.2 Å². The molecular formula is C22H27NO7. The Hall–Kier alpha value is -3.13. The van der Waals surface area contributed by atoms with Gasteiger partial charge in [-0.1, -0.05) is 12.1 Å². The van der Waals surface area contributed by atoms with Crippen molar-refractivity contribution in [1.82, 2.24) is 4.98 Å². The number of carbonyl (C=O) groups is 3. The number of esters is 2. The summed E-state index contributed by atoms with van der Waals surface area (Å²) in [5, 5.41) is 20.2. The molecule has 0 aliphatic heterocycles. The van der Waals surface area contributed by atoms with Gasteiger partial charge in [0.25, 0.3) is 0 Å². The van der Waals surface area contributed by atoms with Crippen LogP contribution < -0.4 is 0 Å². The molecule has 0 fully saturated rings. The average molecular weight is 417 g/mol. The number of aromatic amines is 1. The van der Waals surface area contributed by atoms with Crippen LogP contribution in [0, 0.1) is 19.3 Å². The number of phenolic OH excluding ortho intramolecular Hbond substituents is 1. The van der Waals surface area contributed by atoms with Gasteiger partial charge < -0.3 is 24.7 Å². The number of aliphatic hydroxyl groups excluding tert-OH is 1. The summed E-state index contributed by atoms with van der Waals surface area (Å²) in [5.74, 6) is -1.86. The fourth-order valence-electron chi connectivity index (χ4n) is 3.19. The lowest BCUT2D eigenvalue weighted by atomic mass is 9.82. The highest BCUT2D eigenvalue weighted by atomic mass is 16.5. The minimum Gasteiger partial charge on any atom is -0.508 e. The van der Waals surface area contributed by atoms with Crippen LogP contribution in [0.25, 0.3) is 0 Å². The predicted molar refractivity (Wildman–Crippen MR) is 108 cm³/mol. The van der Waals surface area contributed by atoms with E-state index in [2.05, 4.69) is 4.98 Å². The zero-order valence-electron chi connectivity index (χ0n) is 17.7. The van der Waals surface area contributed by atoms with Crippen LogP contribution in [-0.4, -0.2) is 46.1 Å². The number of hydrogen-bond donors (Lipinski definition) is 3. The van der Waals surface area contributed by atoms with Crippen molar-refractivity contribution in [2.45, 2.75) is 40.7 Å². The van der Waals surface area contributed by atoms with E-state index in [1.165, 1.54) is 26.0 Å². The summed E-state index contributed by atoms with van der Waals surface area (Å²) in [6.45, 7) is 7.56. The van der Waals surface area contributed by atoms with Crippen molar-refractivity contribution in [1.29, 1.82) is 0 Å². The number of aryl methyl sites for hydroxylation is 1. The lowest BCUT2D eigenvalue weighted by molar-refractivity contribution is -0.159. The third kappa shape index (κ3) is 4.71. The van der Waals surface area contributed by atoms with Gasteiger partial charge in [-0.25, -0.2) is 4.79 Å². The van der Waals surface area contributed by atoms with Crippen LogP contribution in [0.15, 0.2) is 24.3 Å². The molecule has 8 heteroatoms. The number of H-pyrrole nitrogens is 1. The molecule has 0 spiro atoms. The Labute approximate surface area is 174 Å². The fraction of sp³-hybridized carbons (Fsp3) is 0.409. The monoisotopic (exact) mass is 417 g/mol. The Balaban J connectivity index is 2.12. The van der Waals surface area contributed by atoms with E-state index in [1.54, 1.807) is 32.9 Å². The van der Waals surface area contributed by atoms with Crippen LogP contribution in [0.4, 0.5) is 0 Å². The van der Waals surface area contributed by atoms with Crippen LogP contribution in [0.3, 0.4) is 0 Å². The van der Waals surface area contributed by atoms with E-state index in [1.807, 2.05) is 0 Å². The minimum absolute atomic E-state index is 0.0401. The highest BCUT2D eigenvalue weighted by Crippen LogP contribution is 2.35. The molecule has 0 saturated heterocycles. The number of Topliss-reactive ketones (excluding diaryl/α,β-unsaturated/α-hetero) is 1. The largest absolute Gasteiger partial charge is 0.508 e. The van der Waals surface area contributed by atoms with Crippen LogP contribution >= 0.6 is 0 Å². The van der Waals surface area contributed by atoms with Gasteiger partial charge in [0.15, 0.2) is 6.61 Å². The van der Waals surface area contributed by atoms with Gasteiger partial charge in [-0.05, 0) is 57.9 Å². The predicted octanol–water partition coefficient (Wildman–Crippen LogP) is 3.00. The average Bonchev–Trinajstić information content (AvgIpc) is 2.99. The molecule has 0 saturated carbocycles. The first kappa shape index (κ1) is 23.2. The van der Waals surface area contributed by atoms with E-state index in [4.69, 9.17) is 9.47 Å². The molecule has 30 heavy (non-hydrogen) atoms. The van der Waals surface area contributed by atoms with Gasteiger partial charge in [0.1, 0.15) is 11.4 Å². The number of aliphatic hydroxyl groups is 1. The molecule has 1 unspecified atom stereocenters. The lowest BCUT2D eigenvalue weighted by Crippen LogP contribution is -2.34. The maximum absolute atomic E-state index is 12.7. The zero-order chi connectivity index (χ0) is 22.6. The first-order valence-corrected chi connectivity index (χ1v) is 9.54. The Morgan fingerprint density at radius 3 is 2.43 bits per heavy atom. The number of ether oxygens (including phenoxy) is 2. The standard InChI is InChI=1S/C22H27NO7/c1-6-29-20(27)18-12(2)17(13(3)23-18)16(25)11-30-21(28)22(4,5)19(26)14-8-7-9-15(24)10-14/h7-10,19,23-24,26H,6,11H2,1-5H3. The molecule has 3 N–H and O–H groups in total. The molecular weight excluding hydrogens is 390 g/mol. The quantitative estimate of drug-likeness (QED) is 0.445. The number of benzene rings is 1. The number of carbonyl (C=O) groups excluding carboxylic acids is 3. The smallest absolute Gasteiger partial charge is 0.355 e. The summed E-state index contributed by atoms with van der Waals surface area (Å²) in [6.07, 6.45) is -1.25. The highest BCUT2D eigenvalue weighted by Gasteiger charge is 2.39. The van der Waals surface area contributed by atoms with Gasteiger partial charge in [0, 0.05) is 11.3 Å². The Morgan fingerprint density at radius 2 is 1.83 bits per heavy atom. The molecule has 162 valence electrons. The van der Waals surface area contributed by atoms with E-state index < -0.39 is 35.8 Å². The SMILES string of the molecule is CCOC(=O)c1[nH]c(C)c(C(=O)COC(=O)C(C)(C)C(O)c2cccc(O)c2)c1C. The van der Waals surface area contributed by atoms with Crippen molar-refractivity contribution in [3.8, 4) is 5.75 Å². The van der Waals surface area contributed by atoms with Crippen molar-refractivity contribution < 1.29 is 34.1 Å². The van der Waals surface area contributed by atoms with Gasteiger partial charge in [-0.2, -0.15) is 0 Å². The maximum Gasteiger partial charge on any atom is 0.355 e. The van der Waals surface area contributed by atoms with Gasteiger partial charge >= 0.3 is 11.9 Å². The number of ketones is 1. The second kappa shape index (κ2) is 9.13. The van der Waals surface area contributed by atoms with Gasteiger partial charge in [0.05, 0.1) is 18.1 Å². The van der Waals surface area contributed by atoms with Crippen LogP contribution in [-0.2, 0) is 14.3 Å². The summed E-state index contributed by atoms with van der Waals surface area (Å²) < 4.78 is 10.1. The number of phenols is 1. The molecule has 2 rings (SSSR count). The van der Waals surface area contributed by atoms with Gasteiger partial charge in [-0.3, -0.25) is 9.59 Å². The fourth-order valence-corrected chi connectivity index (χ4v) is 3.19. The molecule has 1 atom stereocenters. The van der Waals surface area contributed by atoms with E-state index in [0.29, 0.717) is 16.8 Å². The van der Waals surface area contributed by atoms with Crippen LogP contribution in [0.5, 0.6) is 5.75 Å². The number of nitrogens with one attached hydrogen (secondary N) is 1. The number of hydrogen-bond acceptors (Lipinski definition) is 7. The molecule has 0 amide bonds. The molecule has 1 heterocycles. The summed E-state index contributed by atoms with van der Waals surface area (Å²) in [4.78, 5) is 40.1. The molecule has 0 radical (unpaired) electrons. The molecule has 1 aromatic carbocycles. The minimum atomic E-state index is -1.37. The van der Waals surface area contributed by atoms with E-state index in [-0.39, 0.29) is 23.6 Å². The number of aromatic nitrogens is 1. The van der Waals surface area contributed by atoms with Crippen molar-refractivity contribution in [2.24, 2.45) is 5.41 Å². The Bertz CT molecular complexity index is 958. The molecule has 8 nitrogen and oxygen atoms in total. The third-order valence-electron chi connectivity index (χ3n) is 4.93. The lowest BCUT2D eigenvalue weighted by Gasteiger charge is -2.28. The van der Waals surface area contributed by atoms with Crippen molar-refractivity contribution in [3.63, 3.8) is 0 Å². The van der Waals surface area contributed by atoms with E-state index in [0.717, 1.165) is 0 Å². The summed E-state index contributed by atoms with van der Waals surface area (Å²) in [6, 6.07) is 5.94. The summed E-state index contributed by atoms with van der Waals surface area (Å²) >= 11 is 0. The summed E-state index contributed by atoms with van der Waals surface area (Å²) in [7, 11) is 0. The Kier molecular flexibility index (Phi) is 7.04. The molecule has 0 aliphatic rings. The molecule has 1 aromatic heterocycles. The topological polar surface area (TPSA) is 126 Å². The van der Waals surface area contributed by atoms with Crippen molar-refractivity contribution >= 4 is 17.7 Å². The van der Waals surface area contributed by atoms with Crippen LogP contribution in [0.1, 0.15) is 64.5 Å². The zero-order valence-corrected chi connectivity index (χ0v) is 17.7. The van der Waals surface area contributed by atoms with Gasteiger partial charge in [-0.15, -0.1) is 0 Å². The second-order valence-electron chi connectivity index (χ2n) is 7.56. The maximum atomic E-state index is 12.7. The highest BCUT2D eigenvalue weighted by molar-refractivity contribution is 6.03. The first-order chi connectivity index (χ1) is 14.0. The van der Waals surface area contributed by atoms with Crippen LogP contribution in [0.2, 0.25) is 0 Å². The number of aromatic hydroxyl groups is 1. The van der Waals surface area contributed by atoms with Gasteiger partial charge in [0.2, 0.25) is 5.78 Å². The van der Waals surface area contributed by atoms with Crippen molar-refractivity contribution in [3.05, 3.63) is 52.3 Å². The Morgan fingerprint density at radius 1 is 1.17 bits per heavy atom. The third-order valence-corrected chi connectivity index (χ3v) is 4.93. The molecule has 2 aromatic rings. The number of rotatable bonds is 8. The van der Waals surface area contributed by atoms with E-state index in [9.17, 15) is 24.6 Å². The summed E-state index contributed by atoms with van der Waals surface area (Å²) in [5.41, 5.74) is 0.314. The molecule has 0 bridgehead atoms. The normalized spacial score (nSPS) is 12.3. The molecule has 0 aliphatic carbocycles. The first-order valence-electron chi connectivity index (χ1n) is 9.54. The second-order valence-corrected chi connectivity index (χ2v) is 7.56. The van der Waals surface area contributed by atoms with E-state index >= 15 is 0 Å².